The zero-order valence-electron chi connectivity index (χ0n) is 19.0. The van der Waals surface area contributed by atoms with Crippen molar-refractivity contribution in [2.24, 2.45) is 0 Å². The summed E-state index contributed by atoms with van der Waals surface area (Å²) >= 11 is 0. The molecule has 0 spiro atoms. The average molecular weight is 470 g/mol. The van der Waals surface area contributed by atoms with E-state index in [0.29, 0.717) is 23.4 Å². The molecule has 1 aromatic carbocycles. The van der Waals surface area contributed by atoms with E-state index >= 15 is 0 Å². The molecule has 184 valence electrons. The molecule has 33 heavy (non-hydrogen) atoms. The highest BCUT2D eigenvalue weighted by atomic mass is 19.1. The molecular weight excluding hydrogens is 439 g/mol. The number of aliphatic hydroxyl groups excluding tert-OH is 4. The number of hydrogen-bond acceptors (Lipinski definition) is 9. The number of nitrogens with zero attached hydrogens (tertiary/aromatic N) is 2. The van der Waals surface area contributed by atoms with E-state index in [-0.39, 0.29) is 24.1 Å². The highest BCUT2D eigenvalue weighted by Gasteiger charge is 2.55. The molecule has 2 heterocycles. The lowest BCUT2D eigenvalue weighted by Crippen LogP contribution is -2.67. The van der Waals surface area contributed by atoms with Crippen molar-refractivity contribution in [2.75, 3.05) is 13.2 Å². The summed E-state index contributed by atoms with van der Waals surface area (Å²) in [5.74, 6) is -3.31. The maximum Gasteiger partial charge on any atom is 0.356 e. The standard InChI is InChI=1S/C22H31FN2O8/c1-5-31-16-7-6-13(9-15(16)23)8-14-12(4)25(11(2)3)24-21(14)33-22(30)20(29)19(28)18(27)17(10-26)32-22/h6-7,9,11,17-20,26-30H,5,8,10H2,1-4H3/t17-,18-,19-,20-,22?/m1/s1. The van der Waals surface area contributed by atoms with Crippen LogP contribution in [0, 0.1) is 12.7 Å². The quantitative estimate of drug-likeness (QED) is 0.346. The number of benzene rings is 1. The molecule has 3 rings (SSSR count). The molecule has 1 unspecified atom stereocenters. The Kier molecular flexibility index (Phi) is 7.62. The highest BCUT2D eigenvalue weighted by Crippen LogP contribution is 2.34. The summed E-state index contributed by atoms with van der Waals surface area (Å²) in [5, 5.41) is 55.0. The van der Waals surface area contributed by atoms with Crippen LogP contribution in [0.4, 0.5) is 4.39 Å². The van der Waals surface area contributed by atoms with Crippen molar-refractivity contribution in [2.45, 2.75) is 70.5 Å². The van der Waals surface area contributed by atoms with Gasteiger partial charge in [-0.05, 0) is 45.4 Å². The Balaban J connectivity index is 1.97. The Bertz CT molecular complexity index is 966. The summed E-state index contributed by atoms with van der Waals surface area (Å²) in [6, 6.07) is 4.43. The molecule has 0 amide bonds. The molecule has 11 heteroatoms. The summed E-state index contributed by atoms with van der Waals surface area (Å²) in [5.41, 5.74) is 1.73. The van der Waals surface area contributed by atoms with Crippen LogP contribution in [0.15, 0.2) is 18.2 Å². The minimum atomic E-state index is -2.80. The van der Waals surface area contributed by atoms with Gasteiger partial charge in [0.15, 0.2) is 17.7 Å². The van der Waals surface area contributed by atoms with Gasteiger partial charge in [0.05, 0.1) is 13.2 Å². The van der Waals surface area contributed by atoms with E-state index in [1.807, 2.05) is 13.8 Å². The van der Waals surface area contributed by atoms with Crippen LogP contribution in [0.1, 0.15) is 43.6 Å². The van der Waals surface area contributed by atoms with Gasteiger partial charge in [0.25, 0.3) is 0 Å². The van der Waals surface area contributed by atoms with Crippen LogP contribution in [-0.4, -0.2) is 78.9 Å². The number of aromatic nitrogens is 2. The molecule has 1 saturated heterocycles. The summed E-state index contributed by atoms with van der Waals surface area (Å²) in [6.07, 6.45) is -6.80. The van der Waals surface area contributed by atoms with Crippen LogP contribution in [0.25, 0.3) is 0 Å². The third-order valence-corrected chi connectivity index (χ3v) is 5.57. The first-order valence-corrected chi connectivity index (χ1v) is 10.8. The van der Waals surface area contributed by atoms with Gasteiger partial charge in [-0.1, -0.05) is 6.07 Å². The van der Waals surface area contributed by atoms with Crippen LogP contribution in [0.5, 0.6) is 11.6 Å². The first-order chi connectivity index (χ1) is 15.5. The molecule has 5 N–H and O–H groups in total. The Morgan fingerprint density at radius 3 is 2.52 bits per heavy atom. The van der Waals surface area contributed by atoms with E-state index in [1.165, 1.54) is 12.1 Å². The molecule has 1 fully saturated rings. The topological polar surface area (TPSA) is 147 Å². The second-order valence-electron chi connectivity index (χ2n) is 8.28. The summed E-state index contributed by atoms with van der Waals surface area (Å²) < 4.78 is 32.0. The lowest BCUT2D eigenvalue weighted by atomic mass is 9.98. The molecule has 0 saturated carbocycles. The van der Waals surface area contributed by atoms with E-state index in [0.717, 1.165) is 0 Å². The molecule has 0 bridgehead atoms. The third-order valence-electron chi connectivity index (χ3n) is 5.57. The Hall–Kier alpha value is -2.28. The minimum absolute atomic E-state index is 0.0948. The van der Waals surface area contributed by atoms with Crippen LogP contribution in [-0.2, 0) is 11.2 Å². The van der Waals surface area contributed by atoms with Crippen molar-refractivity contribution < 1.29 is 44.1 Å². The van der Waals surface area contributed by atoms with Crippen molar-refractivity contribution in [3.8, 4) is 11.6 Å². The first kappa shape index (κ1) is 25.3. The largest absolute Gasteiger partial charge is 0.491 e. The molecule has 0 aliphatic carbocycles. The van der Waals surface area contributed by atoms with Crippen molar-refractivity contribution in [3.63, 3.8) is 0 Å². The molecule has 5 atom stereocenters. The Morgan fingerprint density at radius 1 is 1.24 bits per heavy atom. The fourth-order valence-corrected chi connectivity index (χ4v) is 3.79. The number of hydrogen-bond donors (Lipinski definition) is 5. The lowest BCUT2D eigenvalue weighted by molar-refractivity contribution is -0.423. The van der Waals surface area contributed by atoms with Gasteiger partial charge in [0.2, 0.25) is 5.88 Å². The molecular formula is C22H31FN2O8. The Morgan fingerprint density at radius 2 is 1.94 bits per heavy atom. The highest BCUT2D eigenvalue weighted by molar-refractivity contribution is 5.39. The van der Waals surface area contributed by atoms with Gasteiger partial charge in [0, 0.05) is 23.7 Å². The molecule has 1 aliphatic heterocycles. The smallest absolute Gasteiger partial charge is 0.356 e. The van der Waals surface area contributed by atoms with Gasteiger partial charge < -0.3 is 39.7 Å². The van der Waals surface area contributed by atoms with Gasteiger partial charge >= 0.3 is 5.97 Å². The SMILES string of the molecule is CCOc1ccc(Cc2c(OC3(O)O[C@H](CO)[C@@H](O)[C@@H](O)[C@H]3O)nn(C(C)C)c2C)cc1F. The number of halogens is 1. The molecule has 10 nitrogen and oxygen atoms in total. The molecule has 0 radical (unpaired) electrons. The maximum atomic E-state index is 14.4. The third kappa shape index (κ3) is 4.98. The fraction of sp³-hybridized carbons (Fsp3) is 0.591. The predicted octanol–water partition coefficient (Wildman–Crippen LogP) is 0.400. The van der Waals surface area contributed by atoms with Crippen molar-refractivity contribution >= 4 is 0 Å². The van der Waals surface area contributed by atoms with Gasteiger partial charge in [-0.15, -0.1) is 5.10 Å². The van der Waals surface area contributed by atoms with Crippen molar-refractivity contribution in [1.82, 2.24) is 9.78 Å². The van der Waals surface area contributed by atoms with E-state index in [1.54, 1.807) is 24.6 Å². The van der Waals surface area contributed by atoms with E-state index in [9.17, 15) is 29.9 Å². The zero-order valence-corrected chi connectivity index (χ0v) is 19.0. The van der Waals surface area contributed by atoms with Crippen LogP contribution >= 0.6 is 0 Å². The van der Waals surface area contributed by atoms with Crippen LogP contribution in [0.2, 0.25) is 0 Å². The average Bonchev–Trinajstić information content (AvgIpc) is 3.06. The number of ether oxygens (including phenoxy) is 3. The van der Waals surface area contributed by atoms with Gasteiger partial charge in [0.1, 0.15) is 18.3 Å². The van der Waals surface area contributed by atoms with Gasteiger partial charge in [-0.3, -0.25) is 4.68 Å². The van der Waals surface area contributed by atoms with E-state index in [2.05, 4.69) is 5.10 Å². The first-order valence-electron chi connectivity index (χ1n) is 10.8. The van der Waals surface area contributed by atoms with Gasteiger partial charge in [-0.2, -0.15) is 0 Å². The monoisotopic (exact) mass is 470 g/mol. The van der Waals surface area contributed by atoms with Crippen LogP contribution < -0.4 is 9.47 Å². The normalized spacial score (nSPS) is 27.7. The molecule has 1 aliphatic rings. The summed E-state index contributed by atoms with van der Waals surface area (Å²) in [7, 11) is 0. The van der Waals surface area contributed by atoms with Crippen molar-refractivity contribution in [3.05, 3.63) is 40.8 Å². The van der Waals surface area contributed by atoms with Crippen LogP contribution in [0.3, 0.4) is 0 Å². The number of aliphatic hydroxyl groups is 5. The Labute approximate surface area is 190 Å². The van der Waals surface area contributed by atoms with Crippen molar-refractivity contribution in [1.29, 1.82) is 0 Å². The maximum absolute atomic E-state index is 14.4. The summed E-state index contributed by atoms with van der Waals surface area (Å²) in [4.78, 5) is 0. The summed E-state index contributed by atoms with van der Waals surface area (Å²) in [6.45, 7) is 6.88. The predicted molar refractivity (Wildman–Crippen MR) is 113 cm³/mol. The lowest BCUT2D eigenvalue weighted by Gasteiger charge is -2.43. The second-order valence-corrected chi connectivity index (χ2v) is 8.28. The fourth-order valence-electron chi connectivity index (χ4n) is 3.79. The zero-order chi connectivity index (χ0) is 24.5. The minimum Gasteiger partial charge on any atom is -0.491 e. The number of rotatable bonds is 8. The van der Waals surface area contributed by atoms with E-state index in [4.69, 9.17) is 14.2 Å². The van der Waals surface area contributed by atoms with Gasteiger partial charge in [-0.25, -0.2) is 4.39 Å². The molecule has 2 aromatic rings. The molecule has 1 aromatic heterocycles. The van der Waals surface area contributed by atoms with E-state index < -0.39 is 42.8 Å². The second kappa shape index (κ2) is 9.92.